The molecule has 2 N–H and O–H groups in total. The molecule has 2 aromatic heterocycles. The Morgan fingerprint density at radius 1 is 1.23 bits per heavy atom. The average molecular weight is 334 g/mol. The van der Waals surface area contributed by atoms with Crippen molar-refractivity contribution in [2.45, 2.75) is 24.5 Å². The van der Waals surface area contributed by atoms with Crippen LogP contribution in [0.2, 0.25) is 0 Å². The first kappa shape index (κ1) is 15.3. The van der Waals surface area contributed by atoms with Gasteiger partial charge in [-0.2, -0.15) is 0 Å². The van der Waals surface area contributed by atoms with Crippen LogP contribution in [-0.2, 0) is 16.4 Å². The Labute approximate surface area is 134 Å². The van der Waals surface area contributed by atoms with Gasteiger partial charge in [-0.15, -0.1) is 11.3 Å². The number of benzene rings is 1. The summed E-state index contributed by atoms with van der Waals surface area (Å²) in [6, 6.07) is 9.64. The van der Waals surface area contributed by atoms with E-state index in [1.54, 1.807) is 17.5 Å². The summed E-state index contributed by atoms with van der Waals surface area (Å²) in [6.45, 7) is 4.48. The van der Waals surface area contributed by atoms with Crippen LogP contribution in [0.4, 0.5) is 0 Å². The van der Waals surface area contributed by atoms with Crippen molar-refractivity contribution < 1.29 is 8.42 Å². The molecule has 2 heterocycles. The largest absolute Gasteiger partial charge is 0.358 e. The molecule has 0 aliphatic rings. The van der Waals surface area contributed by atoms with Crippen LogP contribution in [0.5, 0.6) is 0 Å². The van der Waals surface area contributed by atoms with Crippen LogP contribution in [0.1, 0.15) is 16.8 Å². The molecule has 0 aliphatic carbocycles. The number of sulfonamides is 1. The molecule has 0 saturated carbocycles. The van der Waals surface area contributed by atoms with Crippen molar-refractivity contribution in [3.05, 3.63) is 52.5 Å². The van der Waals surface area contributed by atoms with E-state index in [4.69, 9.17) is 0 Å². The summed E-state index contributed by atoms with van der Waals surface area (Å²) in [5, 5.41) is 2.94. The van der Waals surface area contributed by atoms with Crippen LogP contribution >= 0.6 is 11.3 Å². The van der Waals surface area contributed by atoms with E-state index < -0.39 is 10.0 Å². The third-order valence-electron chi connectivity index (χ3n) is 3.70. The molecule has 0 aliphatic heterocycles. The van der Waals surface area contributed by atoms with Gasteiger partial charge in [-0.1, -0.05) is 17.7 Å². The molecule has 0 spiro atoms. The topological polar surface area (TPSA) is 62.0 Å². The quantitative estimate of drug-likeness (QED) is 0.751. The van der Waals surface area contributed by atoms with Crippen LogP contribution in [0.3, 0.4) is 0 Å². The lowest BCUT2D eigenvalue weighted by Crippen LogP contribution is -2.25. The summed E-state index contributed by atoms with van der Waals surface area (Å²) >= 11 is 1.23. The lowest BCUT2D eigenvalue weighted by molar-refractivity contribution is 0.584. The molecule has 22 heavy (non-hydrogen) atoms. The Morgan fingerprint density at radius 3 is 2.77 bits per heavy atom. The maximum Gasteiger partial charge on any atom is 0.250 e. The van der Waals surface area contributed by atoms with Gasteiger partial charge in [0.1, 0.15) is 4.21 Å². The summed E-state index contributed by atoms with van der Waals surface area (Å²) in [7, 11) is -3.39. The summed E-state index contributed by atoms with van der Waals surface area (Å²) in [4.78, 5) is 3.35. The molecule has 1 aromatic carbocycles. The van der Waals surface area contributed by atoms with E-state index in [0.29, 0.717) is 17.2 Å². The van der Waals surface area contributed by atoms with Crippen LogP contribution in [0.25, 0.3) is 10.9 Å². The van der Waals surface area contributed by atoms with Gasteiger partial charge in [0, 0.05) is 23.1 Å². The fourth-order valence-electron chi connectivity index (χ4n) is 2.62. The van der Waals surface area contributed by atoms with Crippen molar-refractivity contribution in [2.75, 3.05) is 6.54 Å². The predicted molar refractivity (Wildman–Crippen MR) is 91.0 cm³/mol. The highest BCUT2D eigenvalue weighted by Crippen LogP contribution is 2.24. The zero-order valence-electron chi connectivity index (χ0n) is 12.5. The first-order chi connectivity index (χ1) is 10.5. The molecular formula is C16H18N2O2S2. The minimum atomic E-state index is -3.39. The molecule has 0 atom stereocenters. The molecule has 0 radical (unpaired) electrons. The second-order valence-electron chi connectivity index (χ2n) is 5.36. The van der Waals surface area contributed by atoms with E-state index in [1.165, 1.54) is 27.8 Å². The highest BCUT2D eigenvalue weighted by molar-refractivity contribution is 7.91. The van der Waals surface area contributed by atoms with Gasteiger partial charge in [0.15, 0.2) is 0 Å². The monoisotopic (exact) mass is 334 g/mol. The fraction of sp³-hybridized carbons (Fsp3) is 0.250. The SMILES string of the molecule is Cc1ccc2[nH]c(C)c(CCNS(=O)(=O)c3cccs3)c2c1. The van der Waals surface area contributed by atoms with E-state index in [2.05, 4.69) is 34.8 Å². The highest BCUT2D eigenvalue weighted by Gasteiger charge is 2.15. The van der Waals surface area contributed by atoms with E-state index in [0.717, 1.165) is 11.2 Å². The second kappa shape index (κ2) is 5.87. The van der Waals surface area contributed by atoms with Crippen LogP contribution < -0.4 is 4.72 Å². The Hall–Kier alpha value is -1.63. The fourth-order valence-corrected chi connectivity index (χ4v) is 4.69. The summed E-state index contributed by atoms with van der Waals surface area (Å²) in [5.41, 5.74) is 4.56. The molecule has 116 valence electrons. The molecule has 0 saturated heterocycles. The van der Waals surface area contributed by atoms with Gasteiger partial charge in [-0.25, -0.2) is 13.1 Å². The molecule has 4 nitrogen and oxygen atoms in total. The zero-order valence-corrected chi connectivity index (χ0v) is 14.1. The average Bonchev–Trinajstić information content (AvgIpc) is 3.08. The Morgan fingerprint density at radius 2 is 2.05 bits per heavy atom. The van der Waals surface area contributed by atoms with Crippen molar-refractivity contribution in [3.8, 4) is 0 Å². The van der Waals surface area contributed by atoms with Gasteiger partial charge >= 0.3 is 0 Å². The van der Waals surface area contributed by atoms with Gasteiger partial charge < -0.3 is 4.98 Å². The van der Waals surface area contributed by atoms with Crippen molar-refractivity contribution in [2.24, 2.45) is 0 Å². The third kappa shape index (κ3) is 2.95. The van der Waals surface area contributed by atoms with Gasteiger partial charge in [-0.3, -0.25) is 0 Å². The molecule has 3 rings (SSSR count). The number of rotatable bonds is 5. The van der Waals surface area contributed by atoms with Crippen LogP contribution in [0.15, 0.2) is 39.9 Å². The number of aromatic nitrogens is 1. The van der Waals surface area contributed by atoms with Crippen molar-refractivity contribution in [1.82, 2.24) is 9.71 Å². The molecule has 3 aromatic rings. The normalized spacial score (nSPS) is 12.1. The number of hydrogen-bond acceptors (Lipinski definition) is 3. The maximum atomic E-state index is 12.1. The van der Waals surface area contributed by atoms with Gasteiger partial charge in [0.05, 0.1) is 0 Å². The van der Waals surface area contributed by atoms with E-state index in [9.17, 15) is 8.42 Å². The first-order valence-corrected chi connectivity index (χ1v) is 9.44. The summed E-state index contributed by atoms with van der Waals surface area (Å²) < 4.78 is 27.3. The number of hydrogen-bond donors (Lipinski definition) is 2. The highest BCUT2D eigenvalue weighted by atomic mass is 32.2. The van der Waals surface area contributed by atoms with Crippen LogP contribution in [-0.4, -0.2) is 19.9 Å². The van der Waals surface area contributed by atoms with Crippen molar-refractivity contribution in [1.29, 1.82) is 0 Å². The Kier molecular flexibility index (Phi) is 4.08. The lowest BCUT2D eigenvalue weighted by atomic mass is 10.1. The minimum absolute atomic E-state index is 0.360. The maximum absolute atomic E-state index is 12.1. The standard InChI is InChI=1S/C16H18N2O2S2/c1-11-5-6-15-14(10-11)13(12(2)18-15)7-8-17-22(19,20)16-4-3-9-21-16/h3-6,9-10,17-18H,7-8H2,1-2H3. The van der Waals surface area contributed by atoms with E-state index in [1.807, 2.05) is 6.92 Å². The van der Waals surface area contributed by atoms with Gasteiger partial charge in [0.25, 0.3) is 0 Å². The smallest absolute Gasteiger partial charge is 0.250 e. The second-order valence-corrected chi connectivity index (χ2v) is 8.30. The third-order valence-corrected chi connectivity index (χ3v) is 6.56. The van der Waals surface area contributed by atoms with Crippen molar-refractivity contribution in [3.63, 3.8) is 0 Å². The molecular weight excluding hydrogens is 316 g/mol. The lowest BCUT2D eigenvalue weighted by Gasteiger charge is -2.05. The number of aryl methyl sites for hydroxylation is 2. The van der Waals surface area contributed by atoms with Crippen molar-refractivity contribution >= 4 is 32.3 Å². The number of H-pyrrole nitrogens is 1. The van der Waals surface area contributed by atoms with E-state index >= 15 is 0 Å². The molecule has 0 fully saturated rings. The zero-order chi connectivity index (χ0) is 15.7. The van der Waals surface area contributed by atoms with Gasteiger partial charge in [-0.05, 0) is 49.4 Å². The minimum Gasteiger partial charge on any atom is -0.358 e. The number of thiophene rings is 1. The number of fused-ring (bicyclic) bond motifs is 1. The Balaban J connectivity index is 1.77. The number of aromatic amines is 1. The molecule has 0 bridgehead atoms. The van der Waals surface area contributed by atoms with Crippen LogP contribution in [0, 0.1) is 13.8 Å². The molecule has 6 heteroatoms. The first-order valence-electron chi connectivity index (χ1n) is 7.08. The Bertz CT molecular complexity index is 894. The summed E-state index contributed by atoms with van der Waals surface area (Å²) in [6.07, 6.45) is 0.667. The van der Waals surface area contributed by atoms with E-state index in [-0.39, 0.29) is 0 Å². The number of nitrogens with one attached hydrogen (secondary N) is 2. The predicted octanol–water partition coefficient (Wildman–Crippen LogP) is 3.37. The molecule has 0 amide bonds. The molecule has 0 unspecified atom stereocenters. The summed E-state index contributed by atoms with van der Waals surface area (Å²) in [5.74, 6) is 0. The van der Waals surface area contributed by atoms with Gasteiger partial charge in [0.2, 0.25) is 10.0 Å².